The first-order valence-electron chi connectivity index (χ1n) is 16.0. The predicted octanol–water partition coefficient (Wildman–Crippen LogP) is 8.55. The molecule has 44 heavy (non-hydrogen) atoms. The van der Waals surface area contributed by atoms with Crippen molar-refractivity contribution >= 4 is 34.2 Å². The highest BCUT2D eigenvalue weighted by atomic mass is 35.5. The summed E-state index contributed by atoms with van der Waals surface area (Å²) in [6, 6.07) is 17.4. The van der Waals surface area contributed by atoms with Crippen molar-refractivity contribution in [1.29, 1.82) is 0 Å². The van der Waals surface area contributed by atoms with E-state index in [1.54, 1.807) is 18.2 Å². The Morgan fingerprint density at radius 2 is 1.41 bits per heavy atom. The molecule has 6 rings (SSSR count). The van der Waals surface area contributed by atoms with Crippen LogP contribution in [0.1, 0.15) is 45.4 Å². The van der Waals surface area contributed by atoms with E-state index in [4.69, 9.17) is 42.4 Å². The van der Waals surface area contributed by atoms with Gasteiger partial charge in [0, 0.05) is 47.4 Å². The van der Waals surface area contributed by atoms with E-state index < -0.39 is 0 Å². The average molecular weight is 638 g/mol. The fourth-order valence-electron chi connectivity index (χ4n) is 6.14. The lowest BCUT2D eigenvalue weighted by atomic mass is 10.2. The Morgan fingerprint density at radius 1 is 0.727 bits per heavy atom. The second kappa shape index (κ2) is 14.9. The molecule has 0 saturated carbocycles. The monoisotopic (exact) mass is 636 g/mol. The fourth-order valence-corrected chi connectivity index (χ4v) is 6.64. The Bertz CT molecular complexity index is 1530. The van der Waals surface area contributed by atoms with Crippen molar-refractivity contribution in [3.05, 3.63) is 64.6 Å². The number of hydrogen-bond donors (Lipinski definition) is 0. The summed E-state index contributed by atoms with van der Waals surface area (Å²) in [7, 11) is 0. The summed E-state index contributed by atoms with van der Waals surface area (Å²) >= 11 is 12.4. The molecule has 0 bridgehead atoms. The van der Waals surface area contributed by atoms with Crippen LogP contribution >= 0.6 is 23.2 Å². The van der Waals surface area contributed by atoms with E-state index in [0.29, 0.717) is 34.8 Å². The molecular formula is C35H42Cl2N4O3. The van der Waals surface area contributed by atoms with Gasteiger partial charge in [0.05, 0.1) is 5.52 Å². The highest BCUT2D eigenvalue weighted by molar-refractivity contribution is 6.34. The topological polar surface area (TPSA) is 52.0 Å². The van der Waals surface area contributed by atoms with Crippen LogP contribution in [0.5, 0.6) is 23.0 Å². The molecule has 2 fully saturated rings. The van der Waals surface area contributed by atoms with Crippen LogP contribution in [0.3, 0.4) is 0 Å². The first-order valence-corrected chi connectivity index (χ1v) is 16.8. The summed E-state index contributed by atoms with van der Waals surface area (Å²) in [4.78, 5) is 10.2. The van der Waals surface area contributed by atoms with Crippen molar-refractivity contribution in [2.45, 2.75) is 52.0 Å². The zero-order chi connectivity index (χ0) is 30.3. The number of hydrogen-bond acceptors (Lipinski definition) is 6. The molecule has 3 heterocycles. The first kappa shape index (κ1) is 31.0. The Kier molecular flexibility index (Phi) is 10.5. The summed E-state index contributed by atoms with van der Waals surface area (Å²) in [5.41, 5.74) is 2.84. The number of halogens is 2. The number of benzene rings is 3. The molecular weight excluding hydrogens is 595 g/mol. The molecule has 0 unspecified atom stereocenters. The molecule has 4 aromatic rings. The van der Waals surface area contributed by atoms with Crippen molar-refractivity contribution in [3.8, 4) is 34.4 Å². The van der Waals surface area contributed by atoms with E-state index in [1.807, 2.05) is 24.3 Å². The number of nitrogens with zero attached hydrogens (tertiary/aromatic N) is 4. The smallest absolute Gasteiger partial charge is 0.150 e. The number of ether oxygens (including phenoxy) is 3. The molecule has 0 amide bonds. The van der Waals surface area contributed by atoms with Gasteiger partial charge in [-0.15, -0.1) is 0 Å². The minimum Gasteiger partial charge on any atom is -0.492 e. The van der Waals surface area contributed by atoms with Gasteiger partial charge in [-0.2, -0.15) is 0 Å². The van der Waals surface area contributed by atoms with Crippen molar-refractivity contribution in [2.75, 3.05) is 52.5 Å². The number of aromatic nitrogens is 2. The van der Waals surface area contributed by atoms with Gasteiger partial charge in [-0.25, -0.2) is 4.98 Å². The molecule has 0 atom stereocenters. The minimum absolute atomic E-state index is 0.528. The van der Waals surface area contributed by atoms with Gasteiger partial charge in [0.2, 0.25) is 0 Å². The van der Waals surface area contributed by atoms with Crippen LogP contribution in [-0.2, 0) is 6.54 Å². The quantitative estimate of drug-likeness (QED) is 0.138. The van der Waals surface area contributed by atoms with Crippen LogP contribution in [0.4, 0.5) is 0 Å². The van der Waals surface area contributed by atoms with Crippen LogP contribution in [0.2, 0.25) is 10.0 Å². The predicted molar refractivity (Wildman–Crippen MR) is 179 cm³/mol. The van der Waals surface area contributed by atoms with Crippen LogP contribution in [0.25, 0.3) is 22.4 Å². The molecule has 0 N–H and O–H groups in total. The van der Waals surface area contributed by atoms with Gasteiger partial charge in [-0.1, -0.05) is 48.7 Å². The molecule has 0 radical (unpaired) electrons. The lowest BCUT2D eigenvalue weighted by Crippen LogP contribution is -2.25. The first-order chi connectivity index (χ1) is 21.6. The van der Waals surface area contributed by atoms with Gasteiger partial charge >= 0.3 is 0 Å². The molecule has 2 aliphatic heterocycles. The Morgan fingerprint density at radius 3 is 2.09 bits per heavy atom. The largest absolute Gasteiger partial charge is 0.492 e. The molecule has 3 aromatic carbocycles. The zero-order valence-electron chi connectivity index (χ0n) is 25.6. The van der Waals surface area contributed by atoms with E-state index in [0.717, 1.165) is 92.6 Å². The van der Waals surface area contributed by atoms with E-state index in [9.17, 15) is 0 Å². The number of aryl methyl sites for hydroxylation is 1. The maximum Gasteiger partial charge on any atom is 0.150 e. The number of unbranched alkanes of at least 4 members (excludes halogenated alkanes) is 1. The second-order valence-corrected chi connectivity index (χ2v) is 12.6. The summed E-state index contributed by atoms with van der Waals surface area (Å²) in [5.74, 6) is 3.75. The van der Waals surface area contributed by atoms with Crippen molar-refractivity contribution in [1.82, 2.24) is 19.4 Å². The van der Waals surface area contributed by atoms with Gasteiger partial charge in [0.25, 0.3) is 0 Å². The normalized spacial score (nSPS) is 15.8. The fraction of sp³-hybridized carbons (Fsp3) is 0.457. The van der Waals surface area contributed by atoms with Gasteiger partial charge in [0.1, 0.15) is 41.8 Å². The van der Waals surface area contributed by atoms with Crippen LogP contribution in [0.15, 0.2) is 54.6 Å². The van der Waals surface area contributed by atoms with E-state index in [1.165, 1.54) is 25.7 Å². The number of fused-ring (bicyclic) bond motifs is 1. The summed E-state index contributed by atoms with van der Waals surface area (Å²) in [6.45, 7) is 10.8. The van der Waals surface area contributed by atoms with Crippen LogP contribution in [0, 0.1) is 0 Å². The third kappa shape index (κ3) is 7.81. The maximum absolute atomic E-state index is 6.48. The summed E-state index contributed by atoms with van der Waals surface area (Å²) in [5, 5.41) is 1.06. The summed E-state index contributed by atoms with van der Waals surface area (Å²) in [6.07, 6.45) is 7.19. The van der Waals surface area contributed by atoms with Gasteiger partial charge in [0.15, 0.2) is 5.75 Å². The number of likely N-dealkylation sites (tertiary alicyclic amines) is 2. The lowest BCUT2D eigenvalue weighted by Gasteiger charge is -2.17. The molecule has 0 spiro atoms. The van der Waals surface area contributed by atoms with Crippen molar-refractivity contribution < 1.29 is 14.2 Å². The lowest BCUT2D eigenvalue weighted by molar-refractivity contribution is 0.231. The highest BCUT2D eigenvalue weighted by Crippen LogP contribution is 2.37. The molecule has 9 heteroatoms. The minimum atomic E-state index is 0.528. The molecule has 7 nitrogen and oxygen atoms in total. The number of rotatable bonds is 14. The zero-order valence-corrected chi connectivity index (χ0v) is 27.1. The van der Waals surface area contributed by atoms with Gasteiger partial charge in [-0.3, -0.25) is 9.80 Å². The number of imidazole rings is 1. The highest BCUT2D eigenvalue weighted by Gasteiger charge is 2.20. The second-order valence-electron chi connectivity index (χ2n) is 11.8. The molecule has 2 aliphatic rings. The third-order valence-corrected chi connectivity index (χ3v) is 8.87. The molecule has 2 saturated heterocycles. The van der Waals surface area contributed by atoms with E-state index in [2.05, 4.69) is 33.4 Å². The third-order valence-electron chi connectivity index (χ3n) is 8.43. The van der Waals surface area contributed by atoms with E-state index >= 15 is 0 Å². The van der Waals surface area contributed by atoms with E-state index in [-0.39, 0.29) is 0 Å². The Balaban J connectivity index is 1.33. The van der Waals surface area contributed by atoms with Crippen LogP contribution in [-0.4, -0.2) is 71.8 Å². The van der Waals surface area contributed by atoms with Crippen molar-refractivity contribution in [3.63, 3.8) is 0 Å². The SMILES string of the molecule is CCCCn1c(-c2cccc(Oc3cc(Cl)cc(Cl)c3)c2)nc2c(OCCN3CCCC3)cc(OCCN3CCCC3)cc21. The van der Waals surface area contributed by atoms with Gasteiger partial charge in [-0.05, 0) is 88.6 Å². The maximum atomic E-state index is 6.48. The Hall–Kier alpha value is -2.97. The standard InChI is InChI=1S/C35H42Cl2N4O3/c1-2-3-15-41-32-24-30(42-18-16-39-11-4-5-12-39)25-33(43-19-17-40-13-6-7-14-40)34(32)38-35(41)26-9-8-10-29(20-26)44-31-22-27(36)21-28(37)23-31/h8-10,20-25H,2-7,11-19H2,1H3. The Labute approximate surface area is 270 Å². The van der Waals surface area contributed by atoms with Crippen molar-refractivity contribution in [2.24, 2.45) is 0 Å². The molecule has 0 aliphatic carbocycles. The summed E-state index contributed by atoms with van der Waals surface area (Å²) < 4.78 is 21.3. The van der Waals surface area contributed by atoms with Crippen LogP contribution < -0.4 is 14.2 Å². The average Bonchev–Trinajstić information content (AvgIpc) is 3.78. The molecule has 1 aromatic heterocycles. The van der Waals surface area contributed by atoms with Gasteiger partial charge < -0.3 is 18.8 Å². The molecule has 234 valence electrons.